The van der Waals surface area contributed by atoms with E-state index in [1.54, 1.807) is 7.11 Å². The van der Waals surface area contributed by atoms with Crippen LogP contribution in [0.4, 0.5) is 14.5 Å². The number of ether oxygens (including phenoxy) is 2. The third kappa shape index (κ3) is 7.57. The van der Waals surface area contributed by atoms with Crippen molar-refractivity contribution < 1.29 is 24.5 Å². The Hall–Kier alpha value is -3.22. The summed E-state index contributed by atoms with van der Waals surface area (Å²) >= 11 is 0. The Bertz CT molecular complexity index is 802. The Balaban J connectivity index is 0. The first kappa shape index (κ1) is 24.8. The van der Waals surface area contributed by atoms with Gasteiger partial charge in [0.2, 0.25) is 5.88 Å². The minimum atomic E-state index is -0.799. The molecule has 154 valence electrons. The van der Waals surface area contributed by atoms with E-state index in [4.69, 9.17) is 20.0 Å². The molecule has 0 aliphatic rings. The first-order valence-corrected chi connectivity index (χ1v) is 8.28. The second kappa shape index (κ2) is 13.0. The third-order valence-electron chi connectivity index (χ3n) is 3.53. The number of rotatable bonds is 6. The van der Waals surface area contributed by atoms with Gasteiger partial charge >= 0.3 is 0 Å². The van der Waals surface area contributed by atoms with E-state index >= 15 is 0 Å². The number of hydrogen-bond donors (Lipinski definition) is 1. The Labute approximate surface area is 166 Å². The first-order chi connectivity index (χ1) is 13.3. The molecule has 5 nitrogen and oxygen atoms in total. The fourth-order valence-corrected chi connectivity index (χ4v) is 2.00. The maximum Gasteiger partial charge on any atom is 0.215 e. The number of nitrogens with zero attached hydrogens (tertiary/aromatic N) is 1. The molecule has 1 aromatic carbocycles. The second-order valence-corrected chi connectivity index (χ2v) is 5.41. The van der Waals surface area contributed by atoms with Crippen molar-refractivity contribution in [3.63, 3.8) is 0 Å². The smallest absolute Gasteiger partial charge is 0.215 e. The maximum absolute atomic E-state index is 13.3. The van der Waals surface area contributed by atoms with Crippen LogP contribution in [0.3, 0.4) is 0 Å². The number of hydrogen-bond acceptors (Lipinski definition) is 5. The van der Waals surface area contributed by atoms with Crippen molar-refractivity contribution in [3.05, 3.63) is 77.7 Å². The Morgan fingerprint density at radius 2 is 2.00 bits per heavy atom. The van der Waals surface area contributed by atoms with Crippen molar-refractivity contribution in [1.29, 1.82) is 0 Å². The zero-order valence-electron chi connectivity index (χ0n) is 16.4. The van der Waals surface area contributed by atoms with E-state index < -0.39 is 11.6 Å². The molecule has 0 aliphatic carbocycles. The SMILES string of the molecule is C=CC(=C)OCc1c(F)ccc(N)c1F.C=O.CCc1cnc(OC)c(C)c1.[HH]. The monoisotopic (exact) mass is 394 g/mol. The summed E-state index contributed by atoms with van der Waals surface area (Å²) in [6.45, 7) is 12.7. The zero-order chi connectivity index (χ0) is 21.7. The van der Waals surface area contributed by atoms with Crippen molar-refractivity contribution in [2.75, 3.05) is 12.8 Å². The molecule has 2 N–H and O–H groups in total. The fourth-order valence-electron chi connectivity index (χ4n) is 2.00. The predicted molar refractivity (Wildman–Crippen MR) is 109 cm³/mol. The molecule has 2 rings (SSSR count). The molecule has 2 aromatic rings. The highest BCUT2D eigenvalue weighted by Gasteiger charge is 2.12. The molecule has 0 saturated heterocycles. The molecule has 0 bridgehead atoms. The van der Waals surface area contributed by atoms with E-state index in [2.05, 4.69) is 31.1 Å². The molecule has 0 fully saturated rings. The summed E-state index contributed by atoms with van der Waals surface area (Å²) in [7, 11) is 1.64. The summed E-state index contributed by atoms with van der Waals surface area (Å²) in [5.74, 6) is -0.524. The second-order valence-electron chi connectivity index (χ2n) is 5.41. The number of nitrogens with two attached hydrogens (primary N) is 1. The van der Waals surface area contributed by atoms with Crippen molar-refractivity contribution in [1.82, 2.24) is 4.98 Å². The van der Waals surface area contributed by atoms with Crippen molar-refractivity contribution in [2.24, 2.45) is 0 Å². The molecule has 28 heavy (non-hydrogen) atoms. The van der Waals surface area contributed by atoms with Crippen LogP contribution in [-0.4, -0.2) is 18.9 Å². The van der Waals surface area contributed by atoms with Crippen LogP contribution < -0.4 is 10.5 Å². The molecule has 0 saturated carbocycles. The van der Waals surface area contributed by atoms with Crippen LogP contribution in [-0.2, 0) is 22.6 Å². The minimum Gasteiger partial charge on any atom is -0.489 e. The van der Waals surface area contributed by atoms with E-state index in [0.717, 1.165) is 30.0 Å². The number of anilines is 1. The van der Waals surface area contributed by atoms with Crippen LogP contribution in [0.2, 0.25) is 0 Å². The summed E-state index contributed by atoms with van der Waals surface area (Å²) in [4.78, 5) is 12.1. The lowest BCUT2D eigenvalue weighted by Gasteiger charge is -2.08. The van der Waals surface area contributed by atoms with Gasteiger partial charge in [0.1, 0.15) is 25.0 Å². The number of allylic oxidation sites excluding steroid dienone is 1. The van der Waals surface area contributed by atoms with Gasteiger partial charge in [0.25, 0.3) is 0 Å². The standard InChI is InChI=1S/C11H11F2NO.C9H13NO.CH2O.H2/c1-3-7(2)15-6-8-9(12)4-5-10(14)11(8)13;1-4-8-5-7(2)9(11-3)10-6-8;1-2;/h3-5H,1-2,6,14H2;5-6H,4H2,1-3H3;1H2;1H. The quantitative estimate of drug-likeness (QED) is 0.433. The Kier molecular flexibility index (Phi) is 11.5. The highest BCUT2D eigenvalue weighted by atomic mass is 19.1. The Morgan fingerprint density at radius 1 is 1.36 bits per heavy atom. The van der Waals surface area contributed by atoms with Crippen LogP contribution >= 0.6 is 0 Å². The average molecular weight is 394 g/mol. The largest absolute Gasteiger partial charge is 0.489 e. The molecule has 0 spiro atoms. The molecule has 0 amide bonds. The molecular weight excluding hydrogens is 366 g/mol. The molecule has 0 aliphatic heterocycles. The minimum absolute atomic E-state index is 0. The highest BCUT2D eigenvalue weighted by Crippen LogP contribution is 2.20. The van der Waals surface area contributed by atoms with Crippen LogP contribution in [0.5, 0.6) is 5.88 Å². The fraction of sp³-hybridized carbons (Fsp3) is 0.238. The summed E-state index contributed by atoms with van der Waals surface area (Å²) < 4.78 is 36.4. The number of carbonyl (C=O) groups excluding carboxylic acids is 1. The highest BCUT2D eigenvalue weighted by molar-refractivity contribution is 5.43. The number of aryl methyl sites for hydroxylation is 2. The maximum atomic E-state index is 13.3. The van der Waals surface area contributed by atoms with Crippen LogP contribution in [0.25, 0.3) is 0 Å². The van der Waals surface area contributed by atoms with Crippen LogP contribution in [0, 0.1) is 18.6 Å². The molecule has 0 atom stereocenters. The number of pyridine rings is 1. The summed E-state index contributed by atoms with van der Waals surface area (Å²) in [6.07, 6.45) is 4.23. The van der Waals surface area contributed by atoms with E-state index in [-0.39, 0.29) is 25.0 Å². The van der Waals surface area contributed by atoms with Gasteiger partial charge in [-0.1, -0.05) is 20.1 Å². The topological polar surface area (TPSA) is 74.4 Å². The number of carbonyl (C=O) groups is 1. The van der Waals surface area contributed by atoms with Gasteiger partial charge in [-0.25, -0.2) is 13.8 Å². The van der Waals surface area contributed by atoms with Gasteiger partial charge < -0.3 is 20.0 Å². The lowest BCUT2D eigenvalue weighted by atomic mass is 10.2. The van der Waals surface area contributed by atoms with E-state index in [1.165, 1.54) is 11.6 Å². The lowest BCUT2D eigenvalue weighted by molar-refractivity contribution is -0.0979. The number of benzene rings is 1. The van der Waals surface area contributed by atoms with Crippen molar-refractivity contribution in [3.8, 4) is 5.88 Å². The molecule has 0 radical (unpaired) electrons. The van der Waals surface area contributed by atoms with E-state index in [0.29, 0.717) is 0 Å². The van der Waals surface area contributed by atoms with Gasteiger partial charge in [0, 0.05) is 13.2 Å². The molecule has 1 heterocycles. The van der Waals surface area contributed by atoms with Gasteiger partial charge in [0.05, 0.1) is 18.4 Å². The molecule has 1 aromatic heterocycles. The Morgan fingerprint density at radius 3 is 2.50 bits per heavy atom. The number of methoxy groups -OCH3 is 1. The van der Waals surface area contributed by atoms with Crippen molar-refractivity contribution in [2.45, 2.75) is 26.9 Å². The van der Waals surface area contributed by atoms with E-state index in [9.17, 15) is 8.78 Å². The van der Waals surface area contributed by atoms with Crippen molar-refractivity contribution >= 4 is 12.5 Å². The summed E-state index contributed by atoms with van der Waals surface area (Å²) in [5.41, 5.74) is 7.32. The normalized spacial score (nSPS) is 9.18. The number of halogens is 2. The van der Waals surface area contributed by atoms with Gasteiger partial charge in [-0.2, -0.15) is 0 Å². The van der Waals surface area contributed by atoms with Crippen LogP contribution in [0.1, 0.15) is 25.0 Å². The lowest BCUT2D eigenvalue weighted by Crippen LogP contribution is -2.02. The molecule has 0 unspecified atom stereocenters. The number of aromatic nitrogens is 1. The summed E-state index contributed by atoms with van der Waals surface area (Å²) in [5, 5.41) is 0. The van der Waals surface area contributed by atoms with E-state index in [1.807, 2.05) is 19.9 Å². The molecule has 7 heteroatoms. The van der Waals surface area contributed by atoms with Gasteiger partial charge in [-0.05, 0) is 43.2 Å². The predicted octanol–water partition coefficient (Wildman–Crippen LogP) is 4.79. The third-order valence-corrected chi connectivity index (χ3v) is 3.53. The van der Waals surface area contributed by atoms with Gasteiger partial charge in [-0.15, -0.1) is 0 Å². The zero-order valence-corrected chi connectivity index (χ0v) is 16.4. The first-order valence-electron chi connectivity index (χ1n) is 8.28. The van der Waals surface area contributed by atoms with Gasteiger partial charge in [-0.3, -0.25) is 0 Å². The van der Waals surface area contributed by atoms with Crippen LogP contribution in [0.15, 0.2) is 49.4 Å². The summed E-state index contributed by atoms with van der Waals surface area (Å²) in [6, 6.07) is 4.36. The number of nitrogen functional groups attached to an aromatic ring is 1. The molecular formula is C21H28F2N2O3. The van der Waals surface area contributed by atoms with Gasteiger partial charge in [0.15, 0.2) is 5.82 Å². The average Bonchev–Trinajstić information content (AvgIpc) is 2.72.